The molecule has 2 N–H and O–H groups in total. The fourth-order valence-electron chi connectivity index (χ4n) is 1.23. The van der Waals surface area contributed by atoms with Gasteiger partial charge in [-0.3, -0.25) is 0 Å². The molecule has 8 heavy (non-hydrogen) atoms. The summed E-state index contributed by atoms with van der Waals surface area (Å²) in [5.74, 6) is 0.833. The molecule has 0 heterocycles. The van der Waals surface area contributed by atoms with Gasteiger partial charge in [-0.2, -0.15) is 0 Å². The fourth-order valence-corrected chi connectivity index (χ4v) is 1.23. The Morgan fingerprint density at radius 3 is 2.38 bits per heavy atom. The molecule has 1 rings (SSSR count). The monoisotopic (exact) mass is 112 g/mol. The van der Waals surface area contributed by atoms with Crippen LogP contribution >= 0.6 is 0 Å². The van der Waals surface area contributed by atoms with Crippen LogP contribution < -0.4 is 5.73 Å². The van der Waals surface area contributed by atoms with Crippen molar-refractivity contribution in [2.45, 2.75) is 25.7 Å². The minimum Gasteiger partial charge on any atom is -0.330 e. The van der Waals surface area contributed by atoms with Crippen LogP contribution in [0.4, 0.5) is 0 Å². The summed E-state index contributed by atoms with van der Waals surface area (Å²) in [6, 6.07) is 0. The van der Waals surface area contributed by atoms with Gasteiger partial charge in [0.15, 0.2) is 0 Å². The van der Waals surface area contributed by atoms with Gasteiger partial charge in [-0.15, -0.1) is 0 Å². The predicted octanol–water partition coefficient (Wildman–Crippen LogP) is 1.34. The smallest absolute Gasteiger partial charge is 0.00489 e. The Balaban J connectivity index is 2.13. The molecule has 0 amide bonds. The van der Waals surface area contributed by atoms with Gasteiger partial charge in [-0.25, -0.2) is 0 Å². The summed E-state index contributed by atoms with van der Waals surface area (Å²) in [4.78, 5) is 0. The van der Waals surface area contributed by atoms with Crippen molar-refractivity contribution in [1.82, 2.24) is 0 Å². The third-order valence-electron chi connectivity index (χ3n) is 1.89. The molecule has 1 heteroatoms. The first-order valence-corrected chi connectivity index (χ1v) is 3.45. The molecule has 0 aromatic rings. The zero-order valence-electron chi connectivity index (χ0n) is 5.27. The van der Waals surface area contributed by atoms with Crippen molar-refractivity contribution in [3.63, 3.8) is 0 Å². The quantitative estimate of drug-likeness (QED) is 0.544. The number of nitrogens with two attached hydrogens (primary N) is 1. The maximum atomic E-state index is 5.49. The van der Waals surface area contributed by atoms with E-state index < -0.39 is 0 Å². The SMILES string of the molecule is NCC1CC[CH]CC1. The van der Waals surface area contributed by atoms with Crippen LogP contribution in [0.25, 0.3) is 0 Å². The summed E-state index contributed by atoms with van der Waals surface area (Å²) < 4.78 is 0. The average Bonchev–Trinajstić information content (AvgIpc) is 1.90. The highest BCUT2D eigenvalue weighted by atomic mass is 14.5. The molecule has 0 atom stereocenters. The molecule has 0 spiro atoms. The second-order valence-corrected chi connectivity index (χ2v) is 2.55. The molecular weight excluding hydrogens is 98.1 g/mol. The normalized spacial score (nSPS) is 23.6. The van der Waals surface area contributed by atoms with Gasteiger partial charge in [0.2, 0.25) is 0 Å². The van der Waals surface area contributed by atoms with E-state index in [1.54, 1.807) is 0 Å². The second-order valence-electron chi connectivity index (χ2n) is 2.55. The summed E-state index contributed by atoms with van der Waals surface area (Å²) in [5.41, 5.74) is 5.49. The first-order chi connectivity index (χ1) is 3.93. The molecule has 0 aromatic heterocycles. The zero-order chi connectivity index (χ0) is 5.82. The fraction of sp³-hybridized carbons (Fsp3) is 0.857. The van der Waals surface area contributed by atoms with Crippen LogP contribution in [0.15, 0.2) is 0 Å². The van der Waals surface area contributed by atoms with Crippen molar-refractivity contribution in [2.75, 3.05) is 6.54 Å². The largest absolute Gasteiger partial charge is 0.330 e. The average molecular weight is 112 g/mol. The van der Waals surface area contributed by atoms with Crippen molar-refractivity contribution >= 4 is 0 Å². The van der Waals surface area contributed by atoms with Crippen LogP contribution in [0.3, 0.4) is 0 Å². The molecule has 1 aliphatic carbocycles. The summed E-state index contributed by atoms with van der Waals surface area (Å²) in [5, 5.41) is 0. The van der Waals surface area contributed by atoms with Crippen molar-refractivity contribution < 1.29 is 0 Å². The highest BCUT2D eigenvalue weighted by molar-refractivity contribution is 4.76. The van der Waals surface area contributed by atoms with Crippen LogP contribution in [0.2, 0.25) is 0 Å². The summed E-state index contributed by atoms with van der Waals surface area (Å²) in [6.45, 7) is 0.897. The third kappa shape index (κ3) is 1.48. The Morgan fingerprint density at radius 2 is 2.00 bits per heavy atom. The Morgan fingerprint density at radius 1 is 1.38 bits per heavy atom. The van der Waals surface area contributed by atoms with Crippen LogP contribution in [-0.2, 0) is 0 Å². The molecule has 1 nitrogen and oxygen atoms in total. The molecule has 1 saturated carbocycles. The Labute approximate surface area is 51.3 Å². The minimum atomic E-state index is 0.833. The van der Waals surface area contributed by atoms with Crippen molar-refractivity contribution in [3.05, 3.63) is 6.42 Å². The van der Waals surface area contributed by atoms with E-state index in [0.29, 0.717) is 0 Å². The lowest BCUT2D eigenvalue weighted by molar-refractivity contribution is 0.415. The first-order valence-electron chi connectivity index (χ1n) is 3.45. The van der Waals surface area contributed by atoms with Gasteiger partial charge < -0.3 is 5.73 Å². The lowest BCUT2D eigenvalue weighted by Gasteiger charge is -2.18. The van der Waals surface area contributed by atoms with Gasteiger partial charge in [0.1, 0.15) is 0 Å². The van der Waals surface area contributed by atoms with E-state index in [9.17, 15) is 0 Å². The molecule has 0 unspecified atom stereocenters. The molecule has 0 saturated heterocycles. The van der Waals surface area contributed by atoms with Gasteiger partial charge in [0.25, 0.3) is 0 Å². The van der Waals surface area contributed by atoms with E-state index in [2.05, 4.69) is 6.42 Å². The summed E-state index contributed by atoms with van der Waals surface area (Å²) >= 11 is 0. The van der Waals surface area contributed by atoms with E-state index in [1.807, 2.05) is 0 Å². The highest BCUT2D eigenvalue weighted by Gasteiger charge is 2.10. The Bertz CT molecular complexity index is 55.4. The van der Waals surface area contributed by atoms with Crippen molar-refractivity contribution in [2.24, 2.45) is 11.7 Å². The minimum absolute atomic E-state index is 0.833. The standard InChI is InChI=1S/C7H14N/c8-6-7-4-2-1-3-5-7/h1,7H,2-6,8H2. The maximum Gasteiger partial charge on any atom is -0.00489 e. The van der Waals surface area contributed by atoms with Crippen LogP contribution in [0.1, 0.15) is 25.7 Å². The second kappa shape index (κ2) is 3.08. The molecule has 1 aliphatic rings. The third-order valence-corrected chi connectivity index (χ3v) is 1.89. The molecule has 1 fully saturated rings. The van der Waals surface area contributed by atoms with Gasteiger partial charge in [-0.05, 0) is 44.6 Å². The van der Waals surface area contributed by atoms with Crippen LogP contribution in [0.5, 0.6) is 0 Å². The molecule has 47 valence electrons. The lowest BCUT2D eigenvalue weighted by atomic mass is 9.90. The van der Waals surface area contributed by atoms with Crippen molar-refractivity contribution in [1.29, 1.82) is 0 Å². The maximum absolute atomic E-state index is 5.49. The molecule has 1 radical (unpaired) electrons. The summed E-state index contributed by atoms with van der Waals surface area (Å²) in [7, 11) is 0. The lowest BCUT2D eigenvalue weighted by Crippen LogP contribution is -2.16. The Kier molecular flexibility index (Phi) is 2.34. The molecule has 0 aliphatic heterocycles. The van der Waals surface area contributed by atoms with Gasteiger partial charge in [-0.1, -0.05) is 0 Å². The predicted molar refractivity (Wildman–Crippen MR) is 35.3 cm³/mol. The Hall–Kier alpha value is -0.0400. The van der Waals surface area contributed by atoms with E-state index >= 15 is 0 Å². The van der Waals surface area contributed by atoms with E-state index in [0.717, 1.165) is 12.5 Å². The van der Waals surface area contributed by atoms with Gasteiger partial charge in [0.05, 0.1) is 0 Å². The van der Waals surface area contributed by atoms with E-state index in [-0.39, 0.29) is 0 Å². The number of hydrogen-bond acceptors (Lipinski definition) is 1. The topological polar surface area (TPSA) is 26.0 Å². The van der Waals surface area contributed by atoms with Gasteiger partial charge >= 0.3 is 0 Å². The summed E-state index contributed by atoms with van der Waals surface area (Å²) in [6.07, 6.45) is 7.61. The molecule has 0 bridgehead atoms. The number of hydrogen-bond donors (Lipinski definition) is 1. The molecular formula is C7H14N. The van der Waals surface area contributed by atoms with Crippen molar-refractivity contribution in [3.8, 4) is 0 Å². The van der Waals surface area contributed by atoms with Crippen LogP contribution in [-0.4, -0.2) is 6.54 Å². The van der Waals surface area contributed by atoms with Crippen LogP contribution in [0, 0.1) is 12.3 Å². The van der Waals surface area contributed by atoms with E-state index in [4.69, 9.17) is 5.73 Å². The van der Waals surface area contributed by atoms with E-state index in [1.165, 1.54) is 25.7 Å². The highest BCUT2D eigenvalue weighted by Crippen LogP contribution is 2.21. The first kappa shape index (κ1) is 6.09. The van der Waals surface area contributed by atoms with Gasteiger partial charge in [0, 0.05) is 0 Å². The zero-order valence-corrected chi connectivity index (χ0v) is 5.27. The number of rotatable bonds is 1. The molecule has 0 aromatic carbocycles.